The van der Waals surface area contributed by atoms with Gasteiger partial charge in [0.1, 0.15) is 28.2 Å². The number of carbonyl (C=O) groups excluding carboxylic acids is 3. The summed E-state index contributed by atoms with van der Waals surface area (Å²) >= 11 is 0.851. The van der Waals surface area contributed by atoms with Gasteiger partial charge in [0.2, 0.25) is 0 Å². The molecule has 0 spiro atoms. The third-order valence-corrected chi connectivity index (χ3v) is 6.58. The van der Waals surface area contributed by atoms with Crippen LogP contribution in [0.5, 0.6) is 5.75 Å². The van der Waals surface area contributed by atoms with E-state index in [4.69, 9.17) is 9.47 Å². The van der Waals surface area contributed by atoms with Crippen LogP contribution < -0.4 is 9.64 Å². The van der Waals surface area contributed by atoms with Crippen LogP contribution in [0.15, 0.2) is 54.1 Å². The molecule has 4 rings (SSSR count). The van der Waals surface area contributed by atoms with Crippen molar-refractivity contribution in [3.63, 3.8) is 0 Å². The van der Waals surface area contributed by atoms with Crippen molar-refractivity contribution in [3.8, 4) is 5.75 Å². The maximum atomic E-state index is 15.0. The van der Waals surface area contributed by atoms with Crippen molar-refractivity contribution < 1.29 is 33.4 Å². The van der Waals surface area contributed by atoms with E-state index in [1.807, 2.05) is 0 Å². The van der Waals surface area contributed by atoms with E-state index < -0.39 is 35.3 Å². The van der Waals surface area contributed by atoms with Gasteiger partial charge < -0.3 is 14.6 Å². The number of hydrogen-bond acceptors (Lipinski definition) is 8. The van der Waals surface area contributed by atoms with Gasteiger partial charge in [-0.25, -0.2) is 14.2 Å². The zero-order valence-corrected chi connectivity index (χ0v) is 19.9. The van der Waals surface area contributed by atoms with E-state index in [1.165, 1.54) is 37.4 Å². The van der Waals surface area contributed by atoms with Gasteiger partial charge in [-0.15, -0.1) is 0 Å². The van der Waals surface area contributed by atoms with Crippen molar-refractivity contribution in [1.82, 2.24) is 4.98 Å². The molecule has 8 nitrogen and oxygen atoms in total. The summed E-state index contributed by atoms with van der Waals surface area (Å²) in [5.41, 5.74) is 0.192. The lowest BCUT2D eigenvalue weighted by atomic mass is 9.95. The number of aromatic nitrogens is 1. The first-order valence-electron chi connectivity index (χ1n) is 10.6. The molecule has 1 aliphatic heterocycles. The monoisotopic (exact) mass is 496 g/mol. The molecule has 0 radical (unpaired) electrons. The topological polar surface area (TPSA) is 106 Å². The average molecular weight is 497 g/mol. The number of rotatable bonds is 6. The molecule has 35 heavy (non-hydrogen) atoms. The maximum absolute atomic E-state index is 15.0. The first-order chi connectivity index (χ1) is 16.8. The van der Waals surface area contributed by atoms with Gasteiger partial charge in [0.05, 0.1) is 25.0 Å². The number of amides is 1. The van der Waals surface area contributed by atoms with Crippen LogP contribution in [0.2, 0.25) is 0 Å². The molecule has 1 fully saturated rings. The zero-order valence-electron chi connectivity index (χ0n) is 19.1. The minimum Gasteiger partial charge on any atom is -0.507 e. The number of Topliss-reactive ketones (excluding diaryl/α,β-unsaturated/α-hetero) is 1. The standard InChI is InChI=1S/C25H21FN2O6S/c1-4-34-24(32)22-13(2)27-25(35-22)28-19(16-10-5-6-11-17(16)26)18(21(30)23(28)31)20(29)14-8-7-9-15(12-14)33-3/h5-12,19,29H,4H2,1-3H3/b20-18+. The van der Waals surface area contributed by atoms with Gasteiger partial charge in [-0.05, 0) is 32.0 Å². The molecular formula is C25H21FN2O6S. The summed E-state index contributed by atoms with van der Waals surface area (Å²) in [7, 11) is 1.45. The van der Waals surface area contributed by atoms with Gasteiger partial charge in [0.25, 0.3) is 5.78 Å². The van der Waals surface area contributed by atoms with E-state index in [0.29, 0.717) is 11.4 Å². The quantitative estimate of drug-likeness (QED) is 0.233. The molecule has 0 aliphatic carbocycles. The number of nitrogens with zero attached hydrogens (tertiary/aromatic N) is 2. The molecule has 0 bridgehead atoms. The Labute approximate surface area is 204 Å². The van der Waals surface area contributed by atoms with Crippen molar-refractivity contribution in [1.29, 1.82) is 0 Å². The second-order valence-electron chi connectivity index (χ2n) is 7.55. The van der Waals surface area contributed by atoms with Crippen LogP contribution in [0, 0.1) is 12.7 Å². The predicted molar refractivity (Wildman–Crippen MR) is 127 cm³/mol. The lowest BCUT2D eigenvalue weighted by molar-refractivity contribution is -0.132. The molecule has 2 heterocycles. The predicted octanol–water partition coefficient (Wildman–Crippen LogP) is 4.40. The number of ether oxygens (including phenoxy) is 2. The van der Waals surface area contributed by atoms with E-state index in [1.54, 1.807) is 32.0 Å². The number of halogens is 1. The number of aliphatic hydroxyl groups excluding tert-OH is 1. The molecule has 0 saturated carbocycles. The van der Waals surface area contributed by atoms with Gasteiger partial charge in [-0.2, -0.15) is 0 Å². The van der Waals surface area contributed by atoms with Crippen LogP contribution in [0.25, 0.3) is 5.76 Å². The molecule has 3 aromatic rings. The first kappa shape index (κ1) is 24.1. The summed E-state index contributed by atoms with van der Waals surface area (Å²) < 4.78 is 25.2. The first-order valence-corrected chi connectivity index (χ1v) is 11.4. The highest BCUT2D eigenvalue weighted by molar-refractivity contribution is 7.17. The molecule has 1 atom stereocenters. The molecular weight excluding hydrogens is 475 g/mol. The number of ketones is 1. The minimum atomic E-state index is -1.32. The van der Waals surface area contributed by atoms with Crippen molar-refractivity contribution in [2.75, 3.05) is 18.6 Å². The van der Waals surface area contributed by atoms with E-state index >= 15 is 0 Å². The van der Waals surface area contributed by atoms with Gasteiger partial charge in [0, 0.05) is 11.1 Å². The molecule has 1 unspecified atom stereocenters. The molecule has 1 amide bonds. The second kappa shape index (κ2) is 9.67. The van der Waals surface area contributed by atoms with Crippen molar-refractivity contribution in [2.24, 2.45) is 0 Å². The Kier molecular flexibility index (Phi) is 6.65. The average Bonchev–Trinajstić information content (AvgIpc) is 3.36. The molecule has 1 aliphatic rings. The lowest BCUT2D eigenvalue weighted by Gasteiger charge is -2.23. The van der Waals surface area contributed by atoms with Crippen molar-refractivity contribution in [3.05, 3.63) is 81.6 Å². The number of aryl methyl sites for hydroxylation is 1. The highest BCUT2D eigenvalue weighted by Gasteiger charge is 2.49. The number of benzene rings is 2. The normalized spacial score (nSPS) is 17.0. The van der Waals surface area contributed by atoms with Crippen molar-refractivity contribution >= 4 is 39.9 Å². The van der Waals surface area contributed by atoms with Crippen LogP contribution in [0.3, 0.4) is 0 Å². The Balaban J connectivity index is 1.93. The molecule has 1 aromatic heterocycles. The third-order valence-electron chi connectivity index (χ3n) is 5.44. The smallest absolute Gasteiger partial charge is 0.350 e. The lowest BCUT2D eigenvalue weighted by Crippen LogP contribution is -2.29. The van der Waals surface area contributed by atoms with Crippen LogP contribution in [0.4, 0.5) is 9.52 Å². The van der Waals surface area contributed by atoms with Crippen molar-refractivity contribution in [2.45, 2.75) is 19.9 Å². The third kappa shape index (κ3) is 4.28. The molecule has 2 aromatic carbocycles. The summed E-state index contributed by atoms with van der Waals surface area (Å²) in [6.45, 7) is 3.37. The SMILES string of the molecule is CCOC(=O)c1sc(N2C(=O)C(=O)/C(=C(/O)c3cccc(OC)c3)C2c2ccccc2F)nc1C. The van der Waals surface area contributed by atoms with E-state index in [0.717, 1.165) is 16.2 Å². The number of esters is 1. The molecule has 1 N–H and O–H groups in total. The Morgan fingerprint density at radius 3 is 2.63 bits per heavy atom. The van der Waals surface area contributed by atoms with Gasteiger partial charge >= 0.3 is 11.9 Å². The fourth-order valence-corrected chi connectivity index (χ4v) is 4.81. The molecule has 10 heteroatoms. The van der Waals surface area contributed by atoms with Gasteiger partial charge in [-0.3, -0.25) is 14.5 Å². The molecule has 180 valence electrons. The maximum Gasteiger partial charge on any atom is 0.350 e. The fourth-order valence-electron chi connectivity index (χ4n) is 3.82. The fraction of sp³-hybridized carbons (Fsp3) is 0.200. The summed E-state index contributed by atoms with van der Waals surface area (Å²) in [5, 5.41) is 11.1. The van der Waals surface area contributed by atoms with Crippen LogP contribution in [-0.2, 0) is 14.3 Å². The van der Waals surface area contributed by atoms with Crippen LogP contribution in [0.1, 0.15) is 39.5 Å². The highest BCUT2D eigenvalue weighted by Crippen LogP contribution is 2.44. The minimum absolute atomic E-state index is 0.00518. The zero-order chi connectivity index (χ0) is 25.3. The van der Waals surface area contributed by atoms with E-state index in [9.17, 15) is 23.9 Å². The number of methoxy groups -OCH3 is 1. The number of aliphatic hydroxyl groups is 1. The van der Waals surface area contributed by atoms with Gasteiger partial charge in [0.15, 0.2) is 5.13 Å². The highest BCUT2D eigenvalue weighted by atomic mass is 32.1. The number of thiazole rings is 1. The van der Waals surface area contributed by atoms with E-state index in [2.05, 4.69) is 4.98 Å². The van der Waals surface area contributed by atoms with E-state index in [-0.39, 0.29) is 33.3 Å². The summed E-state index contributed by atoms with van der Waals surface area (Å²) in [6, 6.07) is 10.6. The van der Waals surface area contributed by atoms with Crippen LogP contribution >= 0.6 is 11.3 Å². The second-order valence-corrected chi connectivity index (χ2v) is 8.53. The summed E-state index contributed by atoms with van der Waals surface area (Å²) in [6.07, 6.45) is 0. The summed E-state index contributed by atoms with van der Waals surface area (Å²) in [5.74, 6) is -3.39. The Morgan fingerprint density at radius 1 is 1.20 bits per heavy atom. The number of carbonyl (C=O) groups is 3. The Bertz CT molecular complexity index is 1370. The number of hydrogen-bond donors (Lipinski definition) is 1. The Morgan fingerprint density at radius 2 is 1.94 bits per heavy atom. The molecule has 1 saturated heterocycles. The number of anilines is 1. The van der Waals surface area contributed by atoms with Gasteiger partial charge in [-0.1, -0.05) is 41.7 Å². The van der Waals surface area contributed by atoms with Crippen LogP contribution in [-0.4, -0.2) is 41.5 Å². The summed E-state index contributed by atoms with van der Waals surface area (Å²) in [4.78, 5) is 44.2. The largest absolute Gasteiger partial charge is 0.507 e. The Hall–Kier alpha value is -4.05.